The molecule has 2 aliphatic rings. The predicted octanol–water partition coefficient (Wildman–Crippen LogP) is 3.62. The van der Waals surface area contributed by atoms with Crippen LogP contribution in [0.4, 0.5) is 0 Å². The molecular weight excluding hydrogens is 282 g/mol. The van der Waals surface area contributed by atoms with E-state index in [9.17, 15) is 0 Å². The molecule has 2 aromatic carbocycles. The Hall–Kier alpha value is -1.51. The molecule has 3 heteroatoms. The molecule has 0 spiro atoms. The van der Waals surface area contributed by atoms with Crippen LogP contribution in [-0.4, -0.2) is 6.61 Å². The second-order valence-electron chi connectivity index (χ2n) is 6.14. The van der Waals surface area contributed by atoms with Gasteiger partial charge in [0.1, 0.15) is 5.75 Å². The fourth-order valence-electron chi connectivity index (χ4n) is 3.72. The van der Waals surface area contributed by atoms with E-state index in [1.54, 1.807) is 0 Å². The molecular formula is C18H18ClNO. The Morgan fingerprint density at radius 1 is 1.14 bits per heavy atom. The first kappa shape index (κ1) is 13.2. The zero-order valence-electron chi connectivity index (χ0n) is 11.9. The zero-order chi connectivity index (χ0) is 14.4. The number of nitrogens with two attached hydrogens (primary N) is 1. The van der Waals surface area contributed by atoms with E-state index in [-0.39, 0.29) is 5.54 Å². The van der Waals surface area contributed by atoms with E-state index in [1.807, 2.05) is 12.1 Å². The molecule has 2 aromatic rings. The highest BCUT2D eigenvalue weighted by molar-refractivity contribution is 6.30. The lowest BCUT2D eigenvalue weighted by molar-refractivity contribution is 0.347. The Bertz CT molecular complexity index is 712. The molecule has 1 aliphatic heterocycles. The molecule has 4 rings (SSSR count). The third kappa shape index (κ3) is 2.14. The topological polar surface area (TPSA) is 35.2 Å². The van der Waals surface area contributed by atoms with Crippen molar-refractivity contribution in [3.05, 3.63) is 63.7 Å². The van der Waals surface area contributed by atoms with Crippen molar-refractivity contribution in [2.45, 2.75) is 31.2 Å². The summed E-state index contributed by atoms with van der Waals surface area (Å²) in [4.78, 5) is 0. The van der Waals surface area contributed by atoms with Crippen molar-refractivity contribution in [3.63, 3.8) is 0 Å². The number of rotatable bonds is 2. The van der Waals surface area contributed by atoms with Crippen molar-refractivity contribution in [1.29, 1.82) is 0 Å². The third-order valence-electron chi connectivity index (χ3n) is 4.73. The van der Waals surface area contributed by atoms with Gasteiger partial charge in [0.25, 0.3) is 0 Å². The first-order valence-electron chi connectivity index (χ1n) is 7.47. The summed E-state index contributed by atoms with van der Waals surface area (Å²) in [5.74, 6) is 1.01. The second-order valence-corrected chi connectivity index (χ2v) is 6.58. The van der Waals surface area contributed by atoms with E-state index >= 15 is 0 Å². The highest BCUT2D eigenvalue weighted by atomic mass is 35.5. The van der Waals surface area contributed by atoms with Crippen molar-refractivity contribution in [2.75, 3.05) is 6.61 Å². The van der Waals surface area contributed by atoms with Crippen LogP contribution in [0.25, 0.3) is 0 Å². The fraction of sp³-hybridized carbons (Fsp3) is 0.333. The Kier molecular flexibility index (Phi) is 2.98. The summed E-state index contributed by atoms with van der Waals surface area (Å²) >= 11 is 6.26. The Morgan fingerprint density at radius 2 is 2.00 bits per heavy atom. The normalized spacial score (nSPS) is 22.8. The standard InChI is InChI=1S/C18H18ClNO/c19-15-9-13-6-8-21-17(13)14(10-15)11-18(20)7-5-12-3-1-2-4-16(12)18/h1-4,9-10H,5-8,11,20H2. The lowest BCUT2D eigenvalue weighted by Gasteiger charge is -2.26. The zero-order valence-corrected chi connectivity index (χ0v) is 12.6. The van der Waals surface area contributed by atoms with E-state index < -0.39 is 0 Å². The van der Waals surface area contributed by atoms with Gasteiger partial charge in [-0.1, -0.05) is 35.9 Å². The van der Waals surface area contributed by atoms with Gasteiger partial charge in [-0.15, -0.1) is 0 Å². The first-order valence-corrected chi connectivity index (χ1v) is 7.85. The molecule has 0 fully saturated rings. The number of ether oxygens (including phenoxy) is 1. The van der Waals surface area contributed by atoms with E-state index in [1.165, 1.54) is 16.7 Å². The summed E-state index contributed by atoms with van der Waals surface area (Å²) in [6, 6.07) is 12.5. The van der Waals surface area contributed by atoms with Crippen molar-refractivity contribution < 1.29 is 4.74 Å². The summed E-state index contributed by atoms with van der Waals surface area (Å²) < 4.78 is 5.81. The van der Waals surface area contributed by atoms with Gasteiger partial charge in [-0.2, -0.15) is 0 Å². The highest BCUT2D eigenvalue weighted by Crippen LogP contribution is 2.41. The van der Waals surface area contributed by atoms with Crippen molar-refractivity contribution in [3.8, 4) is 5.75 Å². The Balaban J connectivity index is 1.75. The summed E-state index contributed by atoms with van der Waals surface area (Å²) in [5.41, 5.74) is 11.5. The van der Waals surface area contributed by atoms with Crippen LogP contribution in [0.5, 0.6) is 5.75 Å². The fourth-order valence-corrected chi connectivity index (χ4v) is 3.98. The average molecular weight is 300 g/mol. The molecule has 0 aromatic heterocycles. The van der Waals surface area contributed by atoms with Crippen molar-refractivity contribution in [2.24, 2.45) is 5.73 Å². The van der Waals surface area contributed by atoms with Gasteiger partial charge in [0.2, 0.25) is 0 Å². The van der Waals surface area contributed by atoms with Gasteiger partial charge in [0, 0.05) is 17.0 Å². The first-order chi connectivity index (χ1) is 10.2. The average Bonchev–Trinajstić information content (AvgIpc) is 3.05. The quantitative estimate of drug-likeness (QED) is 0.919. The smallest absolute Gasteiger partial charge is 0.125 e. The largest absolute Gasteiger partial charge is 0.493 e. The van der Waals surface area contributed by atoms with Crippen LogP contribution < -0.4 is 10.5 Å². The molecule has 0 amide bonds. The van der Waals surface area contributed by atoms with Crippen LogP contribution in [0, 0.1) is 0 Å². The summed E-state index contributed by atoms with van der Waals surface area (Å²) in [6.45, 7) is 0.747. The second kappa shape index (κ2) is 4.75. The number of hydrogen-bond acceptors (Lipinski definition) is 2. The molecule has 0 radical (unpaired) electrons. The van der Waals surface area contributed by atoms with E-state index in [0.29, 0.717) is 0 Å². The molecule has 2 nitrogen and oxygen atoms in total. The van der Waals surface area contributed by atoms with Crippen molar-refractivity contribution >= 4 is 11.6 Å². The minimum Gasteiger partial charge on any atom is -0.493 e. The van der Waals surface area contributed by atoms with Gasteiger partial charge in [-0.05, 0) is 53.6 Å². The minimum absolute atomic E-state index is 0.305. The number of fused-ring (bicyclic) bond motifs is 2. The maximum Gasteiger partial charge on any atom is 0.125 e. The van der Waals surface area contributed by atoms with E-state index in [2.05, 4.69) is 24.3 Å². The molecule has 2 N–H and O–H groups in total. The van der Waals surface area contributed by atoms with E-state index in [4.69, 9.17) is 22.1 Å². The van der Waals surface area contributed by atoms with Gasteiger partial charge >= 0.3 is 0 Å². The predicted molar refractivity (Wildman–Crippen MR) is 85.0 cm³/mol. The maximum absolute atomic E-state index is 6.75. The number of halogens is 1. The lowest BCUT2D eigenvalue weighted by atomic mass is 9.85. The summed E-state index contributed by atoms with van der Waals surface area (Å²) in [6.07, 6.45) is 3.76. The Labute approximate surface area is 129 Å². The van der Waals surface area contributed by atoms with Gasteiger partial charge < -0.3 is 10.5 Å². The van der Waals surface area contributed by atoms with Gasteiger partial charge in [-0.3, -0.25) is 0 Å². The lowest BCUT2D eigenvalue weighted by Crippen LogP contribution is -2.36. The van der Waals surface area contributed by atoms with Crippen molar-refractivity contribution in [1.82, 2.24) is 0 Å². The molecule has 0 saturated carbocycles. The monoisotopic (exact) mass is 299 g/mol. The molecule has 0 bridgehead atoms. The Morgan fingerprint density at radius 3 is 2.90 bits per heavy atom. The van der Waals surface area contributed by atoms with Gasteiger partial charge in [0.05, 0.1) is 6.61 Å². The SMILES string of the molecule is NC1(Cc2cc(Cl)cc3c2OCC3)CCc2ccccc21. The summed E-state index contributed by atoms with van der Waals surface area (Å²) in [7, 11) is 0. The van der Waals surface area contributed by atoms with Crippen LogP contribution in [0.3, 0.4) is 0 Å². The molecule has 108 valence electrons. The molecule has 1 atom stereocenters. The van der Waals surface area contributed by atoms with Gasteiger partial charge in [-0.25, -0.2) is 0 Å². The molecule has 0 saturated heterocycles. The molecule has 1 unspecified atom stereocenters. The van der Waals surface area contributed by atoms with Crippen LogP contribution >= 0.6 is 11.6 Å². The van der Waals surface area contributed by atoms with Gasteiger partial charge in [0.15, 0.2) is 0 Å². The number of hydrogen-bond donors (Lipinski definition) is 1. The van der Waals surface area contributed by atoms with Crippen LogP contribution in [0.2, 0.25) is 5.02 Å². The van der Waals surface area contributed by atoms with Crippen LogP contribution in [0.1, 0.15) is 28.7 Å². The molecule has 1 heterocycles. The maximum atomic E-state index is 6.75. The number of benzene rings is 2. The summed E-state index contributed by atoms with van der Waals surface area (Å²) in [5, 5.41) is 0.782. The minimum atomic E-state index is -0.305. The van der Waals surface area contributed by atoms with Crippen LogP contribution in [0.15, 0.2) is 36.4 Å². The molecule has 21 heavy (non-hydrogen) atoms. The van der Waals surface area contributed by atoms with E-state index in [0.717, 1.165) is 48.6 Å². The molecule has 1 aliphatic carbocycles. The highest BCUT2D eigenvalue weighted by Gasteiger charge is 2.36. The number of aryl methyl sites for hydroxylation is 1. The third-order valence-corrected chi connectivity index (χ3v) is 4.94. The van der Waals surface area contributed by atoms with Crippen LogP contribution in [-0.2, 0) is 24.8 Å².